The Morgan fingerprint density at radius 3 is 2.80 bits per heavy atom. The van der Waals surface area contributed by atoms with Crippen molar-refractivity contribution >= 4 is 0 Å². The predicted octanol–water partition coefficient (Wildman–Crippen LogP) is 2.55. The molecule has 2 aromatic rings. The van der Waals surface area contributed by atoms with Crippen LogP contribution in [0.5, 0.6) is 28.7 Å². The molecule has 0 saturated carbocycles. The Kier molecular flexibility index (Phi) is 3.06. The Morgan fingerprint density at radius 1 is 1.16 bits per heavy atom. The third kappa shape index (κ3) is 1.88. The maximum absolute atomic E-state index is 10.2. The van der Waals surface area contributed by atoms with Crippen LogP contribution in [0.1, 0.15) is 22.7 Å². The van der Waals surface area contributed by atoms with Crippen LogP contribution < -0.4 is 24.3 Å². The molecular formula is C19H19NO5. The number of aromatic hydroxyl groups is 1. The number of nitrogens with one attached hydrogen (secondary N) is 1. The molecule has 0 unspecified atom stereocenters. The van der Waals surface area contributed by atoms with Gasteiger partial charge in [0.25, 0.3) is 0 Å². The van der Waals surface area contributed by atoms with Crippen LogP contribution >= 0.6 is 0 Å². The minimum atomic E-state index is 0.156. The van der Waals surface area contributed by atoms with Gasteiger partial charge in [0.1, 0.15) is 0 Å². The molecule has 6 heteroatoms. The normalized spacial score (nSPS) is 19.2. The number of rotatable bonds is 2. The van der Waals surface area contributed by atoms with E-state index in [1.54, 1.807) is 20.3 Å². The van der Waals surface area contributed by atoms with Crippen LogP contribution in [0.3, 0.4) is 0 Å². The molecule has 3 aliphatic rings. The van der Waals surface area contributed by atoms with Gasteiger partial charge in [0.2, 0.25) is 12.5 Å². The smallest absolute Gasteiger partial charge is 0.231 e. The van der Waals surface area contributed by atoms with Crippen LogP contribution in [0.15, 0.2) is 12.1 Å². The van der Waals surface area contributed by atoms with E-state index in [4.69, 9.17) is 18.9 Å². The molecule has 130 valence electrons. The third-order valence-electron chi connectivity index (χ3n) is 5.33. The molecule has 0 spiro atoms. The molecule has 2 heterocycles. The summed E-state index contributed by atoms with van der Waals surface area (Å²) in [6, 6.07) is 3.85. The van der Waals surface area contributed by atoms with Crippen molar-refractivity contribution in [3.63, 3.8) is 0 Å². The first-order valence-corrected chi connectivity index (χ1v) is 8.38. The van der Waals surface area contributed by atoms with Crippen molar-refractivity contribution in [2.24, 2.45) is 0 Å². The maximum Gasteiger partial charge on any atom is 0.231 e. The standard InChI is InChI=1S/C19H19NO5/c1-22-14-7-11-9(6-13(14)21)5-12-15-10(3-4-20-12)17(23-2)19-18(16(11)15)24-8-25-19/h6-7,12,20-21H,3-5,8H2,1-2H3/t12-/m1/s1. The van der Waals surface area contributed by atoms with Crippen LogP contribution in [-0.2, 0) is 12.8 Å². The Hall–Kier alpha value is -2.60. The van der Waals surface area contributed by atoms with E-state index in [0.29, 0.717) is 11.5 Å². The SMILES string of the molecule is COc1cc2c(cc1O)C[C@H]1NCCc3c(OC)c4c(c-2c31)OCO4. The Labute approximate surface area is 145 Å². The summed E-state index contributed by atoms with van der Waals surface area (Å²) in [5, 5.41) is 13.8. The fourth-order valence-corrected chi connectivity index (χ4v) is 4.33. The number of benzene rings is 2. The summed E-state index contributed by atoms with van der Waals surface area (Å²) in [4.78, 5) is 0. The monoisotopic (exact) mass is 341 g/mol. The van der Waals surface area contributed by atoms with Gasteiger partial charge in [-0.15, -0.1) is 0 Å². The van der Waals surface area contributed by atoms with E-state index in [9.17, 15) is 5.11 Å². The lowest BCUT2D eigenvalue weighted by atomic mass is 9.76. The molecule has 1 atom stereocenters. The van der Waals surface area contributed by atoms with E-state index >= 15 is 0 Å². The average molecular weight is 341 g/mol. The van der Waals surface area contributed by atoms with E-state index in [1.807, 2.05) is 6.07 Å². The minimum Gasteiger partial charge on any atom is -0.504 e. The summed E-state index contributed by atoms with van der Waals surface area (Å²) < 4.78 is 22.6. The van der Waals surface area contributed by atoms with Crippen LogP contribution in [0, 0.1) is 0 Å². The number of phenols is 1. The zero-order valence-electron chi connectivity index (χ0n) is 14.1. The lowest BCUT2D eigenvalue weighted by Crippen LogP contribution is -2.34. The number of methoxy groups -OCH3 is 2. The average Bonchev–Trinajstić information content (AvgIpc) is 3.10. The van der Waals surface area contributed by atoms with Crippen molar-refractivity contribution in [3.8, 4) is 39.9 Å². The first kappa shape index (κ1) is 14.7. The van der Waals surface area contributed by atoms with Crippen LogP contribution in [0.2, 0.25) is 0 Å². The number of ether oxygens (including phenoxy) is 4. The second kappa shape index (κ2) is 5.20. The molecule has 0 fully saturated rings. The van der Waals surface area contributed by atoms with Gasteiger partial charge in [0.15, 0.2) is 23.0 Å². The topological polar surface area (TPSA) is 69.2 Å². The molecule has 25 heavy (non-hydrogen) atoms. The molecule has 0 saturated heterocycles. The molecule has 2 aromatic carbocycles. The van der Waals surface area contributed by atoms with Crippen molar-refractivity contribution in [3.05, 3.63) is 28.8 Å². The van der Waals surface area contributed by atoms with E-state index in [-0.39, 0.29) is 18.6 Å². The molecule has 0 radical (unpaired) electrons. The molecule has 2 N–H and O–H groups in total. The second-order valence-electron chi connectivity index (χ2n) is 6.51. The molecule has 5 rings (SSSR count). The summed E-state index contributed by atoms with van der Waals surface area (Å²) >= 11 is 0. The van der Waals surface area contributed by atoms with Gasteiger partial charge in [-0.1, -0.05) is 0 Å². The van der Waals surface area contributed by atoms with Crippen molar-refractivity contribution in [1.82, 2.24) is 5.32 Å². The first-order chi connectivity index (χ1) is 12.2. The summed E-state index contributed by atoms with van der Waals surface area (Å²) in [7, 11) is 3.23. The second-order valence-corrected chi connectivity index (χ2v) is 6.51. The van der Waals surface area contributed by atoms with E-state index in [1.165, 1.54) is 11.1 Å². The predicted molar refractivity (Wildman–Crippen MR) is 90.9 cm³/mol. The molecule has 6 nitrogen and oxygen atoms in total. The minimum absolute atomic E-state index is 0.156. The van der Waals surface area contributed by atoms with Gasteiger partial charge in [0, 0.05) is 17.2 Å². The highest BCUT2D eigenvalue weighted by atomic mass is 16.7. The molecule has 0 bridgehead atoms. The Morgan fingerprint density at radius 2 is 2.00 bits per heavy atom. The molecule has 0 amide bonds. The highest BCUT2D eigenvalue weighted by molar-refractivity contribution is 5.87. The van der Waals surface area contributed by atoms with Crippen LogP contribution in [-0.4, -0.2) is 32.7 Å². The Bertz CT molecular complexity index is 892. The van der Waals surface area contributed by atoms with Crippen LogP contribution in [0.4, 0.5) is 0 Å². The fraction of sp³-hybridized carbons (Fsp3) is 0.368. The molecule has 1 aliphatic carbocycles. The molecular weight excluding hydrogens is 322 g/mol. The first-order valence-electron chi connectivity index (χ1n) is 8.38. The van der Waals surface area contributed by atoms with Gasteiger partial charge in [-0.2, -0.15) is 0 Å². The number of hydrogen-bond acceptors (Lipinski definition) is 6. The third-order valence-corrected chi connectivity index (χ3v) is 5.33. The van der Waals surface area contributed by atoms with Crippen molar-refractivity contribution in [1.29, 1.82) is 0 Å². The van der Waals surface area contributed by atoms with Gasteiger partial charge in [-0.3, -0.25) is 0 Å². The lowest BCUT2D eigenvalue weighted by Gasteiger charge is -2.35. The quantitative estimate of drug-likeness (QED) is 0.875. The Balaban J connectivity index is 1.88. The van der Waals surface area contributed by atoms with Crippen molar-refractivity contribution < 1.29 is 24.1 Å². The summed E-state index contributed by atoms with van der Waals surface area (Å²) in [5.41, 5.74) is 5.52. The number of hydrogen-bond donors (Lipinski definition) is 2. The van der Waals surface area contributed by atoms with Crippen molar-refractivity contribution in [2.75, 3.05) is 27.6 Å². The van der Waals surface area contributed by atoms with Gasteiger partial charge in [0.05, 0.1) is 14.2 Å². The van der Waals surface area contributed by atoms with Gasteiger partial charge in [-0.25, -0.2) is 0 Å². The fourth-order valence-electron chi connectivity index (χ4n) is 4.33. The maximum atomic E-state index is 10.2. The lowest BCUT2D eigenvalue weighted by molar-refractivity contribution is 0.171. The van der Waals surface area contributed by atoms with Gasteiger partial charge in [-0.05, 0) is 48.2 Å². The molecule has 0 aromatic heterocycles. The summed E-state index contributed by atoms with van der Waals surface area (Å²) in [6.07, 6.45) is 1.68. The zero-order chi connectivity index (χ0) is 17.1. The summed E-state index contributed by atoms with van der Waals surface area (Å²) in [5.74, 6) is 2.79. The number of fused-ring (bicyclic) bond motifs is 4. The zero-order valence-corrected chi connectivity index (χ0v) is 14.1. The largest absolute Gasteiger partial charge is 0.504 e. The van der Waals surface area contributed by atoms with E-state index in [2.05, 4.69) is 5.32 Å². The van der Waals surface area contributed by atoms with Gasteiger partial charge < -0.3 is 29.4 Å². The highest BCUT2D eigenvalue weighted by Crippen LogP contribution is 2.57. The summed E-state index contributed by atoms with van der Waals surface area (Å²) in [6.45, 7) is 1.06. The van der Waals surface area contributed by atoms with Crippen molar-refractivity contribution in [2.45, 2.75) is 18.9 Å². The highest BCUT2D eigenvalue weighted by Gasteiger charge is 2.39. The van der Waals surface area contributed by atoms with Crippen LogP contribution in [0.25, 0.3) is 11.1 Å². The van der Waals surface area contributed by atoms with E-state index < -0.39 is 0 Å². The van der Waals surface area contributed by atoms with E-state index in [0.717, 1.165) is 47.6 Å². The number of phenolic OH excluding ortho intramolecular Hbond substituents is 1. The molecule has 2 aliphatic heterocycles. The van der Waals surface area contributed by atoms with Gasteiger partial charge >= 0.3 is 0 Å².